The molecule has 116 valence electrons. The Morgan fingerprint density at radius 2 is 2.15 bits per heavy atom. The molecule has 1 aromatic heterocycles. The van der Waals surface area contributed by atoms with Crippen molar-refractivity contribution in [3.63, 3.8) is 0 Å². The zero-order valence-corrected chi connectivity index (χ0v) is 13.7. The first-order chi connectivity index (χ1) is 9.40. The molecule has 0 spiro atoms. The van der Waals surface area contributed by atoms with Crippen molar-refractivity contribution in [3.05, 3.63) is 15.8 Å². The Balaban J connectivity index is 2.55. The van der Waals surface area contributed by atoms with E-state index in [1.807, 2.05) is 11.9 Å². The summed E-state index contributed by atoms with van der Waals surface area (Å²) < 4.78 is 31.8. The number of methoxy groups -OCH3 is 1. The van der Waals surface area contributed by atoms with Gasteiger partial charge in [0, 0.05) is 36.5 Å². The highest BCUT2D eigenvalue weighted by atomic mass is 32.2. The van der Waals surface area contributed by atoms with E-state index in [0.717, 1.165) is 6.54 Å². The fourth-order valence-electron chi connectivity index (χ4n) is 1.68. The third-order valence-electron chi connectivity index (χ3n) is 2.83. The zero-order valence-electron chi connectivity index (χ0n) is 12.0. The summed E-state index contributed by atoms with van der Waals surface area (Å²) >= 11 is 1.30. The number of aryl methyl sites for hydroxylation is 1. The third-order valence-corrected chi connectivity index (χ3v) is 5.58. The second-order valence-corrected chi connectivity index (χ2v) is 7.56. The highest BCUT2D eigenvalue weighted by molar-refractivity contribution is 7.89. The quantitative estimate of drug-likeness (QED) is 0.688. The molecule has 8 heteroatoms. The van der Waals surface area contributed by atoms with E-state index in [2.05, 4.69) is 4.72 Å². The first-order valence-corrected chi connectivity index (χ1v) is 8.58. The number of ether oxygens (including phenoxy) is 1. The minimum Gasteiger partial charge on any atom is -0.391 e. The number of nitrogens with zero attached hydrogens (tertiary/aromatic N) is 1. The number of likely N-dealkylation sites (N-methyl/N-ethyl adjacent to an activating group) is 1. The van der Waals surface area contributed by atoms with E-state index in [0.29, 0.717) is 29.5 Å². The van der Waals surface area contributed by atoms with Crippen LogP contribution in [0.2, 0.25) is 0 Å². The number of nitrogens with one attached hydrogen (secondary N) is 1. The van der Waals surface area contributed by atoms with Gasteiger partial charge in [-0.1, -0.05) is 0 Å². The number of sulfonamides is 1. The maximum Gasteiger partial charge on any atom is 0.241 e. The summed E-state index contributed by atoms with van der Waals surface area (Å²) in [5, 5.41) is 9.05. The van der Waals surface area contributed by atoms with Crippen molar-refractivity contribution in [2.45, 2.75) is 18.4 Å². The number of aliphatic hydroxyl groups is 1. The lowest BCUT2D eigenvalue weighted by atomic mass is 10.4. The van der Waals surface area contributed by atoms with Gasteiger partial charge in [0.05, 0.1) is 18.1 Å². The van der Waals surface area contributed by atoms with E-state index >= 15 is 0 Å². The van der Waals surface area contributed by atoms with Gasteiger partial charge in [-0.15, -0.1) is 11.3 Å². The maximum atomic E-state index is 12.1. The average Bonchev–Trinajstić information content (AvgIpc) is 2.78. The highest BCUT2D eigenvalue weighted by Gasteiger charge is 2.19. The molecular formula is C12H22N2O4S2. The van der Waals surface area contributed by atoms with Crippen LogP contribution in [0, 0.1) is 6.92 Å². The van der Waals surface area contributed by atoms with E-state index in [1.165, 1.54) is 17.4 Å². The Morgan fingerprint density at radius 3 is 2.70 bits per heavy atom. The summed E-state index contributed by atoms with van der Waals surface area (Å²) in [6.07, 6.45) is 0. The SMILES string of the molecule is COCCN(C)CCNS(=O)(=O)c1cc(CO)sc1C. The number of rotatable bonds is 9. The van der Waals surface area contributed by atoms with Crippen molar-refractivity contribution in [1.82, 2.24) is 9.62 Å². The second kappa shape index (κ2) is 8.06. The number of aliphatic hydroxyl groups excluding tert-OH is 1. The lowest BCUT2D eigenvalue weighted by molar-refractivity contribution is 0.162. The van der Waals surface area contributed by atoms with Gasteiger partial charge in [-0.25, -0.2) is 13.1 Å². The largest absolute Gasteiger partial charge is 0.391 e. The van der Waals surface area contributed by atoms with Gasteiger partial charge in [-0.05, 0) is 20.0 Å². The predicted octanol–water partition coefficient (Wildman–Crippen LogP) is 0.405. The molecule has 6 nitrogen and oxygen atoms in total. The topological polar surface area (TPSA) is 78.9 Å². The molecular weight excluding hydrogens is 300 g/mol. The number of thiophene rings is 1. The van der Waals surface area contributed by atoms with E-state index in [4.69, 9.17) is 9.84 Å². The standard InChI is InChI=1S/C12H22N2O4S2/c1-10-12(8-11(9-15)19-10)20(16,17)13-4-5-14(2)6-7-18-3/h8,13,15H,4-7,9H2,1-3H3. The summed E-state index contributed by atoms with van der Waals surface area (Å²) in [4.78, 5) is 3.59. The summed E-state index contributed by atoms with van der Waals surface area (Å²) in [5.41, 5.74) is 0. The summed E-state index contributed by atoms with van der Waals surface area (Å²) in [7, 11) is 0.0383. The van der Waals surface area contributed by atoms with Crippen molar-refractivity contribution in [1.29, 1.82) is 0 Å². The predicted molar refractivity (Wildman–Crippen MR) is 79.5 cm³/mol. The molecule has 2 N–H and O–H groups in total. The van der Waals surface area contributed by atoms with E-state index in [1.54, 1.807) is 14.0 Å². The van der Waals surface area contributed by atoms with Crippen LogP contribution < -0.4 is 4.72 Å². The molecule has 0 aliphatic carbocycles. The Bertz CT molecular complexity index is 514. The molecule has 0 aliphatic rings. The molecule has 0 atom stereocenters. The molecule has 0 saturated heterocycles. The first kappa shape index (κ1) is 17.5. The Morgan fingerprint density at radius 1 is 1.45 bits per heavy atom. The van der Waals surface area contributed by atoms with Crippen LogP contribution in [0.25, 0.3) is 0 Å². The molecule has 0 aliphatic heterocycles. The first-order valence-electron chi connectivity index (χ1n) is 6.28. The molecule has 0 saturated carbocycles. The van der Waals surface area contributed by atoms with Crippen molar-refractivity contribution < 1.29 is 18.3 Å². The number of hydrogen-bond donors (Lipinski definition) is 2. The Hall–Kier alpha value is -0.510. The highest BCUT2D eigenvalue weighted by Crippen LogP contribution is 2.25. The van der Waals surface area contributed by atoms with E-state index in [-0.39, 0.29) is 11.5 Å². The van der Waals surface area contributed by atoms with Gasteiger partial charge < -0.3 is 14.7 Å². The van der Waals surface area contributed by atoms with Crippen molar-refractivity contribution >= 4 is 21.4 Å². The molecule has 0 radical (unpaired) electrons. The minimum atomic E-state index is -3.50. The summed E-state index contributed by atoms with van der Waals surface area (Å²) in [5.74, 6) is 0. The van der Waals surface area contributed by atoms with Crippen molar-refractivity contribution in [3.8, 4) is 0 Å². The van der Waals surface area contributed by atoms with Gasteiger partial charge in [-0.2, -0.15) is 0 Å². The summed E-state index contributed by atoms with van der Waals surface area (Å²) in [6, 6.07) is 1.52. The fraction of sp³-hybridized carbons (Fsp3) is 0.667. The number of hydrogen-bond acceptors (Lipinski definition) is 6. The van der Waals surface area contributed by atoms with Crippen LogP contribution in [0.4, 0.5) is 0 Å². The second-order valence-electron chi connectivity index (χ2n) is 4.49. The van der Waals surface area contributed by atoms with Gasteiger partial charge in [0.2, 0.25) is 10.0 Å². The van der Waals surface area contributed by atoms with E-state index < -0.39 is 10.0 Å². The van der Waals surface area contributed by atoms with Crippen molar-refractivity contribution in [2.75, 3.05) is 40.4 Å². The third kappa shape index (κ3) is 5.12. The van der Waals surface area contributed by atoms with Crippen LogP contribution in [0.5, 0.6) is 0 Å². The van der Waals surface area contributed by atoms with Crippen LogP contribution >= 0.6 is 11.3 Å². The van der Waals surface area contributed by atoms with Crippen LogP contribution in [0.3, 0.4) is 0 Å². The smallest absolute Gasteiger partial charge is 0.241 e. The molecule has 0 aromatic carbocycles. The minimum absolute atomic E-state index is 0.138. The van der Waals surface area contributed by atoms with Crippen LogP contribution in [-0.4, -0.2) is 58.8 Å². The molecule has 0 amide bonds. The van der Waals surface area contributed by atoms with Crippen LogP contribution in [0.15, 0.2) is 11.0 Å². The van der Waals surface area contributed by atoms with E-state index in [9.17, 15) is 8.42 Å². The normalized spacial score (nSPS) is 12.2. The van der Waals surface area contributed by atoms with Crippen LogP contribution in [-0.2, 0) is 21.4 Å². The molecule has 0 unspecified atom stereocenters. The Labute approximate surface area is 124 Å². The van der Waals surface area contributed by atoms with Gasteiger partial charge in [0.25, 0.3) is 0 Å². The molecule has 0 bridgehead atoms. The fourth-order valence-corrected chi connectivity index (χ4v) is 4.19. The maximum absolute atomic E-state index is 12.1. The summed E-state index contributed by atoms with van der Waals surface area (Å²) in [6.45, 7) is 3.92. The van der Waals surface area contributed by atoms with Gasteiger partial charge in [0.15, 0.2) is 0 Å². The van der Waals surface area contributed by atoms with Gasteiger partial charge >= 0.3 is 0 Å². The lowest BCUT2D eigenvalue weighted by Gasteiger charge is -2.16. The van der Waals surface area contributed by atoms with Gasteiger partial charge in [-0.3, -0.25) is 0 Å². The molecule has 1 rings (SSSR count). The monoisotopic (exact) mass is 322 g/mol. The van der Waals surface area contributed by atoms with Crippen LogP contribution in [0.1, 0.15) is 9.75 Å². The Kier molecular flexibility index (Phi) is 7.07. The molecule has 20 heavy (non-hydrogen) atoms. The van der Waals surface area contributed by atoms with Crippen molar-refractivity contribution in [2.24, 2.45) is 0 Å². The molecule has 1 aromatic rings. The zero-order chi connectivity index (χ0) is 15.2. The average molecular weight is 322 g/mol. The molecule has 1 heterocycles. The van der Waals surface area contributed by atoms with Gasteiger partial charge in [0.1, 0.15) is 0 Å². The molecule has 0 fully saturated rings. The lowest BCUT2D eigenvalue weighted by Crippen LogP contribution is -2.34.